The molecule has 9 rings (SSSR count). The first kappa shape index (κ1) is 24.5. The topological polar surface area (TPSA) is 61.4 Å². The molecule has 0 spiro atoms. The molecule has 0 bridgehead atoms. The van der Waals surface area contributed by atoms with Crippen molar-refractivity contribution in [1.82, 2.24) is 29.1 Å². The van der Waals surface area contributed by atoms with Gasteiger partial charge in [0.1, 0.15) is 11.5 Å². The summed E-state index contributed by atoms with van der Waals surface area (Å²) in [7, 11) is 0. The molecule has 44 heavy (non-hydrogen) atoms. The Hall–Kier alpha value is -6.14. The molecule has 0 radical (unpaired) electrons. The first-order valence-corrected chi connectivity index (χ1v) is 14.5. The molecule has 0 amide bonds. The molecule has 0 aliphatic heterocycles. The first-order valence-electron chi connectivity index (χ1n) is 14.5. The third-order valence-electron chi connectivity index (χ3n) is 8.34. The number of pyridine rings is 4. The Morgan fingerprint density at radius 2 is 1.41 bits per heavy atom. The van der Waals surface area contributed by atoms with E-state index in [1.807, 2.05) is 61.1 Å². The average molecular weight is 565 g/mol. The van der Waals surface area contributed by atoms with Crippen LogP contribution in [0, 0.1) is 0 Å². The normalized spacial score (nSPS) is 11.6. The molecule has 0 N–H and O–H groups in total. The maximum Gasteiger partial charge on any atom is 0.147 e. The van der Waals surface area contributed by atoms with Gasteiger partial charge in [-0.15, -0.1) is 0 Å². The summed E-state index contributed by atoms with van der Waals surface area (Å²) in [5.74, 6) is 0.835. The van der Waals surface area contributed by atoms with Crippen LogP contribution in [-0.2, 0) is 0 Å². The van der Waals surface area contributed by atoms with Crippen LogP contribution in [0.3, 0.4) is 0 Å². The van der Waals surface area contributed by atoms with Crippen molar-refractivity contribution in [1.29, 1.82) is 0 Å². The number of hydrogen-bond donors (Lipinski definition) is 0. The van der Waals surface area contributed by atoms with Gasteiger partial charge in [0.15, 0.2) is 0 Å². The molecule has 0 saturated carbocycles. The highest BCUT2D eigenvalue weighted by Crippen LogP contribution is 2.38. The highest BCUT2D eigenvalue weighted by molar-refractivity contribution is 6.17. The lowest BCUT2D eigenvalue weighted by Gasteiger charge is -2.10. The van der Waals surface area contributed by atoms with Crippen molar-refractivity contribution in [2.45, 2.75) is 0 Å². The second kappa shape index (κ2) is 9.71. The molecule has 6 heteroatoms. The highest BCUT2D eigenvalue weighted by Gasteiger charge is 2.19. The summed E-state index contributed by atoms with van der Waals surface area (Å²) in [6, 6.07) is 39.7. The molecule has 0 aliphatic rings. The van der Waals surface area contributed by atoms with Gasteiger partial charge in [-0.1, -0.05) is 66.7 Å². The zero-order valence-electron chi connectivity index (χ0n) is 23.5. The van der Waals surface area contributed by atoms with Gasteiger partial charge < -0.3 is 4.57 Å². The Labute approximate surface area is 252 Å². The van der Waals surface area contributed by atoms with Gasteiger partial charge in [-0.2, -0.15) is 0 Å². The van der Waals surface area contributed by atoms with E-state index in [-0.39, 0.29) is 0 Å². The van der Waals surface area contributed by atoms with Gasteiger partial charge in [-0.05, 0) is 59.7 Å². The van der Waals surface area contributed by atoms with Crippen LogP contribution in [0.15, 0.2) is 146 Å². The molecule has 0 saturated heterocycles. The molecule has 9 aromatic rings. The van der Waals surface area contributed by atoms with Crippen LogP contribution >= 0.6 is 0 Å². The quantitative estimate of drug-likeness (QED) is 0.214. The molecule has 6 aromatic heterocycles. The molecule has 6 heterocycles. The van der Waals surface area contributed by atoms with E-state index in [1.54, 1.807) is 6.20 Å². The zero-order valence-corrected chi connectivity index (χ0v) is 23.5. The van der Waals surface area contributed by atoms with E-state index < -0.39 is 0 Å². The lowest BCUT2D eigenvalue weighted by Crippen LogP contribution is -1.98. The Morgan fingerprint density at radius 1 is 0.568 bits per heavy atom. The van der Waals surface area contributed by atoms with Gasteiger partial charge in [-0.25, -0.2) is 9.97 Å². The predicted molar refractivity (Wildman–Crippen MR) is 177 cm³/mol. The highest BCUT2D eigenvalue weighted by atomic mass is 15.1. The van der Waals surface area contributed by atoms with Crippen LogP contribution in [-0.4, -0.2) is 29.1 Å². The molecule has 3 aromatic carbocycles. The fourth-order valence-electron chi connectivity index (χ4n) is 6.22. The minimum Gasteiger partial charge on any atom is -0.307 e. The molecule has 6 nitrogen and oxygen atoms in total. The second-order valence-corrected chi connectivity index (χ2v) is 10.9. The van der Waals surface area contributed by atoms with Crippen molar-refractivity contribution >= 4 is 43.7 Å². The third kappa shape index (κ3) is 3.82. The molecule has 0 aliphatic carbocycles. The van der Waals surface area contributed by atoms with Gasteiger partial charge in [0, 0.05) is 57.6 Å². The van der Waals surface area contributed by atoms with Crippen LogP contribution in [0.1, 0.15) is 0 Å². The van der Waals surface area contributed by atoms with Crippen LogP contribution < -0.4 is 0 Å². The van der Waals surface area contributed by atoms with Crippen molar-refractivity contribution in [2.24, 2.45) is 0 Å². The number of hydrogen-bond acceptors (Lipinski definition) is 4. The van der Waals surface area contributed by atoms with E-state index in [4.69, 9.17) is 15.0 Å². The minimum atomic E-state index is 0.835. The van der Waals surface area contributed by atoms with Gasteiger partial charge in [0.25, 0.3) is 0 Å². The van der Waals surface area contributed by atoms with Gasteiger partial charge in [0.05, 0.1) is 28.4 Å². The summed E-state index contributed by atoms with van der Waals surface area (Å²) in [6.45, 7) is 0. The lowest BCUT2D eigenvalue weighted by atomic mass is 10.1. The van der Waals surface area contributed by atoms with Crippen molar-refractivity contribution in [2.75, 3.05) is 0 Å². The molecule has 206 valence electrons. The zero-order chi connectivity index (χ0) is 29.0. The predicted octanol–water partition coefficient (Wildman–Crippen LogP) is 8.79. The molecule has 0 atom stereocenters. The van der Waals surface area contributed by atoms with E-state index in [1.165, 1.54) is 0 Å². The average Bonchev–Trinajstić information content (AvgIpc) is 3.68. The SMILES string of the molecule is c1ccc(-c2cc3c4cnc5c(ccn5-c5ccc6ccccc6n5)c4n(-c4ccc(-c5cccnc5)cc4)c3cn2)cc1. The Morgan fingerprint density at radius 3 is 2.27 bits per heavy atom. The van der Waals surface area contributed by atoms with Gasteiger partial charge in [0.2, 0.25) is 0 Å². The number of para-hydroxylation sites is 1. The second-order valence-electron chi connectivity index (χ2n) is 10.9. The van der Waals surface area contributed by atoms with E-state index in [0.29, 0.717) is 0 Å². The van der Waals surface area contributed by atoms with E-state index >= 15 is 0 Å². The standard InChI is InChI=1S/C38H24N6/c1-2-7-26(8-3-1)34-21-31-32-23-41-38-30(18-20-43(38)36-17-14-27-9-4-5-11-33(27)42-36)37(32)44(35(31)24-40-34)29-15-12-25(13-16-29)28-10-6-19-39-22-28/h1-24H. The number of benzene rings is 3. The molecular formula is C38H24N6. The number of rotatable bonds is 4. The van der Waals surface area contributed by atoms with Gasteiger partial charge in [-0.3, -0.25) is 14.5 Å². The fraction of sp³-hybridized carbons (Fsp3) is 0. The summed E-state index contributed by atoms with van der Waals surface area (Å²) in [5.41, 5.74) is 9.19. The molecule has 0 unspecified atom stereocenters. The Bertz CT molecular complexity index is 2480. The van der Waals surface area contributed by atoms with Crippen LogP contribution in [0.25, 0.3) is 77.6 Å². The Balaban J connectivity index is 1.30. The van der Waals surface area contributed by atoms with Gasteiger partial charge >= 0.3 is 0 Å². The molecular weight excluding hydrogens is 540 g/mol. The van der Waals surface area contributed by atoms with Crippen LogP contribution in [0.4, 0.5) is 0 Å². The smallest absolute Gasteiger partial charge is 0.147 e. The van der Waals surface area contributed by atoms with E-state index in [0.717, 1.165) is 77.6 Å². The minimum absolute atomic E-state index is 0.835. The lowest BCUT2D eigenvalue weighted by molar-refractivity contribution is 1.04. The summed E-state index contributed by atoms with van der Waals surface area (Å²) in [4.78, 5) is 19.2. The van der Waals surface area contributed by atoms with Crippen LogP contribution in [0.2, 0.25) is 0 Å². The van der Waals surface area contributed by atoms with E-state index in [9.17, 15) is 0 Å². The van der Waals surface area contributed by atoms with Crippen molar-refractivity contribution in [3.05, 3.63) is 146 Å². The molecule has 0 fully saturated rings. The van der Waals surface area contributed by atoms with Crippen molar-refractivity contribution in [3.63, 3.8) is 0 Å². The summed E-state index contributed by atoms with van der Waals surface area (Å²) < 4.78 is 4.38. The van der Waals surface area contributed by atoms with Crippen LogP contribution in [0.5, 0.6) is 0 Å². The van der Waals surface area contributed by atoms with E-state index in [2.05, 4.69) is 93.1 Å². The monoisotopic (exact) mass is 564 g/mol. The van der Waals surface area contributed by atoms with Crippen molar-refractivity contribution in [3.8, 4) is 33.9 Å². The largest absolute Gasteiger partial charge is 0.307 e. The third-order valence-corrected chi connectivity index (χ3v) is 8.34. The summed E-state index contributed by atoms with van der Waals surface area (Å²) >= 11 is 0. The summed E-state index contributed by atoms with van der Waals surface area (Å²) in [5, 5.41) is 4.34. The van der Waals surface area contributed by atoms with Crippen molar-refractivity contribution < 1.29 is 0 Å². The summed E-state index contributed by atoms with van der Waals surface area (Å²) in [6.07, 6.45) is 9.73. The number of nitrogens with zero attached hydrogens (tertiary/aromatic N) is 6. The maximum atomic E-state index is 5.02. The number of aromatic nitrogens is 6. The Kier molecular flexibility index (Phi) is 5.40. The fourth-order valence-corrected chi connectivity index (χ4v) is 6.22. The maximum absolute atomic E-state index is 5.02. The number of fused-ring (bicyclic) bond motifs is 6. The first-order chi connectivity index (χ1) is 21.8.